The van der Waals surface area contributed by atoms with Crippen LogP contribution in [0.1, 0.15) is 6.42 Å². The van der Waals surface area contributed by atoms with Crippen LogP contribution in [0.5, 0.6) is 0 Å². The van der Waals surface area contributed by atoms with Crippen LogP contribution < -0.4 is 11.1 Å². The number of ether oxygens (including phenoxy) is 1. The van der Waals surface area contributed by atoms with Crippen molar-refractivity contribution >= 4 is 15.8 Å². The van der Waals surface area contributed by atoms with E-state index >= 15 is 0 Å². The van der Waals surface area contributed by atoms with Crippen LogP contribution in [-0.2, 0) is 14.8 Å². The summed E-state index contributed by atoms with van der Waals surface area (Å²) in [5.41, 5.74) is 5.79. The van der Waals surface area contributed by atoms with Crippen molar-refractivity contribution in [1.82, 2.24) is 9.29 Å². The number of aromatic nitrogens is 1. The first-order valence-corrected chi connectivity index (χ1v) is 7.69. The SMILES string of the molecule is COCC(N)CCNc1ccc(S(=O)(=O)N(C)C)cn1. The molecule has 1 aromatic rings. The summed E-state index contributed by atoms with van der Waals surface area (Å²) in [7, 11) is 1.15. The molecule has 1 aromatic heterocycles. The number of sulfonamides is 1. The Labute approximate surface area is 120 Å². The number of pyridine rings is 1. The normalized spacial score (nSPS) is 13.4. The van der Waals surface area contributed by atoms with Crippen molar-refractivity contribution in [2.24, 2.45) is 5.73 Å². The molecule has 0 aliphatic rings. The van der Waals surface area contributed by atoms with Crippen LogP contribution >= 0.6 is 0 Å². The van der Waals surface area contributed by atoms with E-state index in [-0.39, 0.29) is 10.9 Å². The van der Waals surface area contributed by atoms with Crippen LogP contribution in [0.4, 0.5) is 5.82 Å². The molecule has 7 nitrogen and oxygen atoms in total. The maximum Gasteiger partial charge on any atom is 0.244 e. The highest BCUT2D eigenvalue weighted by Crippen LogP contribution is 2.13. The molecule has 0 radical (unpaired) electrons. The largest absolute Gasteiger partial charge is 0.383 e. The van der Waals surface area contributed by atoms with E-state index < -0.39 is 10.0 Å². The van der Waals surface area contributed by atoms with Gasteiger partial charge in [0, 0.05) is 40.0 Å². The summed E-state index contributed by atoms with van der Waals surface area (Å²) < 4.78 is 29.8. The molecule has 0 saturated carbocycles. The van der Waals surface area contributed by atoms with Gasteiger partial charge in [-0.25, -0.2) is 17.7 Å². The van der Waals surface area contributed by atoms with Gasteiger partial charge in [0.2, 0.25) is 10.0 Å². The van der Waals surface area contributed by atoms with Crippen LogP contribution in [-0.4, -0.2) is 58.1 Å². The summed E-state index contributed by atoms with van der Waals surface area (Å²) in [6.45, 7) is 1.16. The second-order valence-corrected chi connectivity index (χ2v) is 6.75. The Bertz CT molecular complexity index is 502. The summed E-state index contributed by atoms with van der Waals surface area (Å²) in [6.07, 6.45) is 2.08. The van der Waals surface area contributed by atoms with Crippen molar-refractivity contribution in [3.05, 3.63) is 18.3 Å². The maximum absolute atomic E-state index is 11.9. The molecular formula is C12H22N4O3S. The first-order valence-electron chi connectivity index (χ1n) is 6.25. The quantitative estimate of drug-likeness (QED) is 0.707. The van der Waals surface area contributed by atoms with Gasteiger partial charge in [-0.2, -0.15) is 0 Å². The van der Waals surface area contributed by atoms with Gasteiger partial charge in [-0.05, 0) is 18.6 Å². The molecule has 20 heavy (non-hydrogen) atoms. The zero-order valence-corrected chi connectivity index (χ0v) is 12.9. The first-order chi connectivity index (χ1) is 9.37. The lowest BCUT2D eigenvalue weighted by atomic mass is 10.2. The standard InChI is InChI=1S/C12H22N4O3S/c1-16(2)20(17,18)11-4-5-12(15-8-11)14-7-6-10(13)9-19-3/h4-5,8,10H,6-7,9,13H2,1-3H3,(H,14,15). The van der Waals surface area contributed by atoms with Gasteiger partial charge in [-0.3, -0.25) is 0 Å². The van der Waals surface area contributed by atoms with Gasteiger partial charge in [0.25, 0.3) is 0 Å². The molecule has 1 rings (SSSR count). The van der Waals surface area contributed by atoms with Gasteiger partial charge in [0.1, 0.15) is 10.7 Å². The Morgan fingerprint density at radius 1 is 1.45 bits per heavy atom. The number of rotatable bonds is 8. The molecule has 8 heteroatoms. The summed E-state index contributed by atoms with van der Waals surface area (Å²) in [5, 5.41) is 3.09. The lowest BCUT2D eigenvalue weighted by molar-refractivity contribution is 0.178. The van der Waals surface area contributed by atoms with Crippen LogP contribution in [0.15, 0.2) is 23.2 Å². The fourth-order valence-corrected chi connectivity index (χ4v) is 2.38. The molecule has 1 atom stereocenters. The highest BCUT2D eigenvalue weighted by Gasteiger charge is 2.17. The highest BCUT2D eigenvalue weighted by atomic mass is 32.2. The van der Waals surface area contributed by atoms with Gasteiger partial charge in [0.05, 0.1) is 6.61 Å². The van der Waals surface area contributed by atoms with Crippen molar-refractivity contribution in [3.8, 4) is 0 Å². The third kappa shape index (κ3) is 4.71. The van der Waals surface area contributed by atoms with Crippen LogP contribution in [0.2, 0.25) is 0 Å². The minimum absolute atomic E-state index is 0.0270. The second-order valence-electron chi connectivity index (χ2n) is 4.60. The minimum atomic E-state index is -3.43. The molecule has 0 bridgehead atoms. The van der Waals surface area contributed by atoms with Crippen LogP contribution in [0.3, 0.4) is 0 Å². The molecule has 0 amide bonds. The molecule has 1 unspecified atom stereocenters. The third-order valence-corrected chi connectivity index (χ3v) is 4.52. The average Bonchev–Trinajstić information content (AvgIpc) is 2.39. The zero-order chi connectivity index (χ0) is 15.2. The second kappa shape index (κ2) is 7.53. The zero-order valence-electron chi connectivity index (χ0n) is 12.0. The van der Waals surface area contributed by atoms with E-state index in [0.29, 0.717) is 19.0 Å². The lowest BCUT2D eigenvalue weighted by Crippen LogP contribution is -2.28. The fourth-order valence-electron chi connectivity index (χ4n) is 1.53. The van der Waals surface area contributed by atoms with Gasteiger partial charge in [-0.15, -0.1) is 0 Å². The number of nitrogens with one attached hydrogen (secondary N) is 1. The van der Waals surface area contributed by atoms with E-state index in [2.05, 4.69) is 10.3 Å². The van der Waals surface area contributed by atoms with Crippen LogP contribution in [0, 0.1) is 0 Å². The Balaban J connectivity index is 2.56. The molecule has 0 aliphatic heterocycles. The molecule has 0 saturated heterocycles. The molecule has 0 fully saturated rings. The number of nitrogens with zero attached hydrogens (tertiary/aromatic N) is 2. The maximum atomic E-state index is 11.9. The molecule has 3 N–H and O–H groups in total. The van der Waals surface area contributed by atoms with E-state index in [1.165, 1.54) is 26.4 Å². The fraction of sp³-hybridized carbons (Fsp3) is 0.583. The smallest absolute Gasteiger partial charge is 0.244 e. The van der Waals surface area contributed by atoms with E-state index in [9.17, 15) is 8.42 Å². The van der Waals surface area contributed by atoms with Crippen molar-refractivity contribution in [2.45, 2.75) is 17.4 Å². The monoisotopic (exact) mass is 302 g/mol. The summed E-state index contributed by atoms with van der Waals surface area (Å²) in [6, 6.07) is 3.14. The number of anilines is 1. The molecule has 114 valence electrons. The summed E-state index contributed by atoms with van der Waals surface area (Å²) in [5.74, 6) is 0.618. The van der Waals surface area contributed by atoms with E-state index in [1.807, 2.05) is 0 Å². The summed E-state index contributed by atoms with van der Waals surface area (Å²) >= 11 is 0. The molecule has 0 aromatic carbocycles. The van der Waals surface area contributed by atoms with Gasteiger partial charge < -0.3 is 15.8 Å². The first kappa shape index (κ1) is 16.8. The van der Waals surface area contributed by atoms with Gasteiger partial charge in [-0.1, -0.05) is 0 Å². The summed E-state index contributed by atoms with van der Waals surface area (Å²) in [4.78, 5) is 4.25. The van der Waals surface area contributed by atoms with Crippen molar-refractivity contribution < 1.29 is 13.2 Å². The Kier molecular flexibility index (Phi) is 6.34. The lowest BCUT2D eigenvalue weighted by Gasteiger charge is -2.13. The van der Waals surface area contributed by atoms with Crippen LogP contribution in [0.25, 0.3) is 0 Å². The van der Waals surface area contributed by atoms with Crippen molar-refractivity contribution in [2.75, 3.05) is 39.7 Å². The topological polar surface area (TPSA) is 97.5 Å². The third-order valence-electron chi connectivity index (χ3n) is 2.72. The molecule has 0 spiro atoms. The predicted octanol–water partition coefficient (Wildman–Crippen LogP) is 0.108. The van der Waals surface area contributed by atoms with Gasteiger partial charge in [0.15, 0.2) is 0 Å². The van der Waals surface area contributed by atoms with E-state index in [4.69, 9.17) is 10.5 Å². The number of methoxy groups -OCH3 is 1. The minimum Gasteiger partial charge on any atom is -0.383 e. The van der Waals surface area contributed by atoms with E-state index in [0.717, 1.165) is 10.7 Å². The number of nitrogens with two attached hydrogens (primary N) is 1. The highest BCUT2D eigenvalue weighted by molar-refractivity contribution is 7.89. The average molecular weight is 302 g/mol. The predicted molar refractivity (Wildman–Crippen MR) is 78.1 cm³/mol. The Morgan fingerprint density at radius 2 is 2.15 bits per heavy atom. The van der Waals surface area contributed by atoms with Crippen molar-refractivity contribution in [3.63, 3.8) is 0 Å². The Hall–Kier alpha value is -1.22. The number of hydrogen-bond acceptors (Lipinski definition) is 6. The number of hydrogen-bond donors (Lipinski definition) is 2. The van der Waals surface area contributed by atoms with Gasteiger partial charge >= 0.3 is 0 Å². The van der Waals surface area contributed by atoms with E-state index in [1.54, 1.807) is 13.2 Å². The molecular weight excluding hydrogens is 280 g/mol. The molecule has 1 heterocycles. The Morgan fingerprint density at radius 3 is 2.65 bits per heavy atom. The molecule has 0 aliphatic carbocycles. The van der Waals surface area contributed by atoms with Crippen molar-refractivity contribution in [1.29, 1.82) is 0 Å².